The zero-order valence-corrected chi connectivity index (χ0v) is 19.7. The van der Waals surface area contributed by atoms with Crippen LogP contribution in [0.4, 0.5) is 13.2 Å². The largest absolute Gasteiger partial charge is 0.493 e. The van der Waals surface area contributed by atoms with Crippen LogP contribution in [0.2, 0.25) is 18.1 Å². The molecule has 3 rings (SSSR count). The van der Waals surface area contributed by atoms with Crippen molar-refractivity contribution in [2.24, 2.45) is 11.8 Å². The Morgan fingerprint density at radius 3 is 2.13 bits per heavy atom. The molecule has 30 heavy (non-hydrogen) atoms. The maximum atomic E-state index is 12.2. The Kier molecular flexibility index (Phi) is 9.15. The highest BCUT2D eigenvalue weighted by atomic mass is 28.3. The van der Waals surface area contributed by atoms with Gasteiger partial charge in [0.05, 0.1) is 13.0 Å². The van der Waals surface area contributed by atoms with Gasteiger partial charge in [-0.1, -0.05) is 69.3 Å². The molecule has 2 fully saturated rings. The second-order valence-corrected chi connectivity index (χ2v) is 13.1. The topological polar surface area (TPSA) is 9.23 Å². The molecule has 0 aromatic heterocycles. The van der Waals surface area contributed by atoms with Crippen molar-refractivity contribution in [1.82, 2.24) is 0 Å². The Morgan fingerprint density at radius 2 is 1.53 bits per heavy atom. The van der Waals surface area contributed by atoms with Crippen LogP contribution in [0, 0.1) is 11.8 Å². The van der Waals surface area contributed by atoms with Crippen LogP contribution in [-0.4, -0.2) is 21.6 Å². The minimum atomic E-state index is -4.16. The standard InChI is InChI=1S/C25H39F3OSi/c1-2-3-4-17-30-18-13-23(14-19-30)21-7-5-20(6-8-21)22-9-11-24(12-10-22)29-16-15-25(26,27)28/h9-12,20-21,23,30H,2-8,13-19H2,1H3/t20-,21-,23-,30-. The zero-order valence-electron chi connectivity index (χ0n) is 18.6. The summed E-state index contributed by atoms with van der Waals surface area (Å²) in [5.74, 6) is 3.05. The van der Waals surface area contributed by atoms with Crippen molar-refractivity contribution in [2.45, 2.75) is 101 Å². The Hall–Kier alpha value is -0.973. The van der Waals surface area contributed by atoms with E-state index >= 15 is 0 Å². The molecule has 0 radical (unpaired) electrons. The van der Waals surface area contributed by atoms with E-state index in [2.05, 4.69) is 19.1 Å². The van der Waals surface area contributed by atoms with Gasteiger partial charge in [-0.15, -0.1) is 0 Å². The molecule has 0 atom stereocenters. The summed E-state index contributed by atoms with van der Waals surface area (Å²) >= 11 is 0. The van der Waals surface area contributed by atoms with Crippen molar-refractivity contribution in [3.05, 3.63) is 29.8 Å². The number of hydrogen-bond donors (Lipinski definition) is 0. The lowest BCUT2D eigenvalue weighted by Crippen LogP contribution is -2.28. The smallest absolute Gasteiger partial charge is 0.392 e. The molecular formula is C25H39F3OSi. The first-order valence-electron chi connectivity index (χ1n) is 12.2. The van der Waals surface area contributed by atoms with Crippen molar-refractivity contribution in [3.63, 3.8) is 0 Å². The van der Waals surface area contributed by atoms with Crippen LogP contribution < -0.4 is 4.74 Å². The van der Waals surface area contributed by atoms with Gasteiger partial charge in [0.1, 0.15) is 5.75 Å². The summed E-state index contributed by atoms with van der Waals surface area (Å²) in [5, 5.41) is 0. The first kappa shape index (κ1) is 23.7. The normalized spacial score (nSPS) is 27.7. The molecule has 0 bridgehead atoms. The minimum Gasteiger partial charge on any atom is -0.493 e. The molecule has 5 heteroatoms. The van der Waals surface area contributed by atoms with Gasteiger partial charge in [-0.25, -0.2) is 0 Å². The van der Waals surface area contributed by atoms with Crippen molar-refractivity contribution >= 4 is 8.80 Å². The van der Waals surface area contributed by atoms with E-state index in [1.165, 1.54) is 63.4 Å². The van der Waals surface area contributed by atoms with Gasteiger partial charge >= 0.3 is 6.18 Å². The van der Waals surface area contributed by atoms with E-state index in [9.17, 15) is 13.2 Å². The van der Waals surface area contributed by atoms with Crippen LogP contribution in [0.1, 0.15) is 82.6 Å². The molecule has 0 amide bonds. The molecule has 170 valence electrons. The summed E-state index contributed by atoms with van der Waals surface area (Å²) in [4.78, 5) is 0. The molecule has 1 aromatic carbocycles. The molecular weight excluding hydrogens is 401 g/mol. The van der Waals surface area contributed by atoms with Crippen LogP contribution >= 0.6 is 0 Å². The van der Waals surface area contributed by atoms with Crippen LogP contribution in [0.15, 0.2) is 24.3 Å². The van der Waals surface area contributed by atoms with E-state index in [4.69, 9.17) is 4.74 Å². The van der Waals surface area contributed by atoms with E-state index in [1.54, 1.807) is 18.1 Å². The van der Waals surface area contributed by atoms with Gasteiger partial charge < -0.3 is 4.74 Å². The first-order valence-corrected chi connectivity index (χ1v) is 14.7. The summed E-state index contributed by atoms with van der Waals surface area (Å²) in [6.07, 6.45) is 7.41. The van der Waals surface area contributed by atoms with E-state index < -0.39 is 21.4 Å². The highest BCUT2D eigenvalue weighted by Gasteiger charge is 2.31. The molecule has 1 heterocycles. The quantitative estimate of drug-likeness (QED) is 0.278. The van der Waals surface area contributed by atoms with Gasteiger partial charge in [0.2, 0.25) is 0 Å². The highest BCUT2D eigenvalue weighted by Crippen LogP contribution is 2.43. The fourth-order valence-electron chi connectivity index (χ4n) is 5.68. The zero-order chi connectivity index (χ0) is 21.4. The molecule has 1 aliphatic heterocycles. The van der Waals surface area contributed by atoms with Gasteiger partial charge in [0.15, 0.2) is 0 Å². The Balaban J connectivity index is 1.37. The summed E-state index contributed by atoms with van der Waals surface area (Å²) in [7, 11) is -0.409. The van der Waals surface area contributed by atoms with Gasteiger partial charge in [-0.3, -0.25) is 0 Å². The lowest BCUT2D eigenvalue weighted by atomic mass is 9.72. The van der Waals surface area contributed by atoms with Gasteiger partial charge in [0, 0.05) is 8.80 Å². The Bertz CT molecular complexity index is 600. The van der Waals surface area contributed by atoms with E-state index in [1.807, 2.05) is 12.1 Å². The molecule has 1 nitrogen and oxygen atoms in total. The highest BCUT2D eigenvalue weighted by molar-refractivity contribution is 6.58. The van der Waals surface area contributed by atoms with Gasteiger partial charge in [-0.05, 0) is 61.1 Å². The third-order valence-corrected chi connectivity index (χ3v) is 11.1. The van der Waals surface area contributed by atoms with E-state index in [-0.39, 0.29) is 6.61 Å². The molecule has 1 saturated carbocycles. The number of alkyl halides is 3. The number of ether oxygens (including phenoxy) is 1. The second-order valence-electron chi connectivity index (χ2n) is 9.67. The summed E-state index contributed by atoms with van der Waals surface area (Å²) in [6, 6.07) is 12.5. The van der Waals surface area contributed by atoms with Crippen molar-refractivity contribution in [1.29, 1.82) is 0 Å². The van der Waals surface area contributed by atoms with Gasteiger partial charge in [0.25, 0.3) is 0 Å². The van der Waals surface area contributed by atoms with Crippen molar-refractivity contribution in [2.75, 3.05) is 6.61 Å². The number of unbranched alkanes of at least 4 members (excludes halogenated alkanes) is 2. The molecule has 2 aliphatic rings. The monoisotopic (exact) mass is 440 g/mol. The summed E-state index contributed by atoms with van der Waals surface area (Å²) in [6.45, 7) is 1.99. The van der Waals surface area contributed by atoms with Gasteiger partial charge in [-0.2, -0.15) is 13.2 Å². The predicted molar refractivity (Wildman–Crippen MR) is 121 cm³/mol. The summed E-state index contributed by atoms with van der Waals surface area (Å²) < 4.78 is 41.9. The molecule has 1 aliphatic carbocycles. The van der Waals surface area contributed by atoms with E-state index in [0.29, 0.717) is 11.7 Å². The average Bonchev–Trinajstić information content (AvgIpc) is 2.74. The summed E-state index contributed by atoms with van der Waals surface area (Å²) in [5.41, 5.74) is 1.32. The molecule has 0 spiro atoms. The number of rotatable bonds is 9. The predicted octanol–water partition coefficient (Wildman–Crippen LogP) is 8.12. The van der Waals surface area contributed by atoms with Crippen LogP contribution in [-0.2, 0) is 0 Å². The average molecular weight is 441 g/mol. The minimum absolute atomic E-state index is 0.308. The third-order valence-electron chi connectivity index (χ3n) is 7.55. The molecule has 0 N–H and O–H groups in total. The first-order chi connectivity index (χ1) is 14.4. The fourth-order valence-corrected chi connectivity index (χ4v) is 9.21. The Morgan fingerprint density at radius 1 is 0.900 bits per heavy atom. The van der Waals surface area contributed by atoms with Crippen molar-refractivity contribution in [3.8, 4) is 5.75 Å². The molecule has 1 aromatic rings. The third kappa shape index (κ3) is 7.62. The van der Waals surface area contributed by atoms with Crippen LogP contribution in [0.25, 0.3) is 0 Å². The second kappa shape index (κ2) is 11.6. The SMILES string of the molecule is CCCCC[Si@H]1CC[C@H]([C@H]2CC[C@H](c3ccc(OCCC(F)(F)F)cc3)CC2)CC1. The molecule has 1 saturated heterocycles. The number of hydrogen-bond acceptors (Lipinski definition) is 1. The lowest BCUT2D eigenvalue weighted by molar-refractivity contribution is -0.139. The molecule has 0 unspecified atom stereocenters. The van der Waals surface area contributed by atoms with E-state index in [0.717, 1.165) is 11.8 Å². The number of benzene rings is 1. The van der Waals surface area contributed by atoms with Crippen molar-refractivity contribution < 1.29 is 17.9 Å². The number of halogens is 3. The van der Waals surface area contributed by atoms with Crippen LogP contribution in [0.5, 0.6) is 5.75 Å². The van der Waals surface area contributed by atoms with Crippen LogP contribution in [0.3, 0.4) is 0 Å². The fraction of sp³-hybridized carbons (Fsp3) is 0.760. The maximum absolute atomic E-state index is 12.2. The Labute approximate surface area is 182 Å². The lowest BCUT2D eigenvalue weighted by Gasteiger charge is -2.37. The maximum Gasteiger partial charge on any atom is 0.392 e.